The lowest BCUT2D eigenvalue weighted by Gasteiger charge is -2.11. The SMILES string of the molecule is FC(F)(F)c1cc(-c2ccc(Cl)c(Cl)c2Cl)cc(Cl)n1. The maximum absolute atomic E-state index is 12.7. The van der Waals surface area contributed by atoms with E-state index < -0.39 is 11.9 Å². The van der Waals surface area contributed by atoms with Gasteiger partial charge in [0.05, 0.1) is 15.1 Å². The quantitative estimate of drug-likeness (QED) is 0.424. The highest BCUT2D eigenvalue weighted by molar-refractivity contribution is 6.49. The summed E-state index contributed by atoms with van der Waals surface area (Å²) in [6.07, 6.45) is -4.61. The van der Waals surface area contributed by atoms with Crippen molar-refractivity contribution in [2.45, 2.75) is 6.18 Å². The van der Waals surface area contributed by atoms with Gasteiger partial charge in [0.15, 0.2) is 0 Å². The highest BCUT2D eigenvalue weighted by Gasteiger charge is 2.33. The molecule has 0 radical (unpaired) electrons. The van der Waals surface area contributed by atoms with Crippen LogP contribution in [0.4, 0.5) is 13.2 Å². The molecule has 0 amide bonds. The van der Waals surface area contributed by atoms with Crippen molar-refractivity contribution in [3.63, 3.8) is 0 Å². The Morgan fingerprint density at radius 3 is 2.15 bits per heavy atom. The van der Waals surface area contributed by atoms with Gasteiger partial charge in [0.1, 0.15) is 10.8 Å². The van der Waals surface area contributed by atoms with Crippen molar-refractivity contribution < 1.29 is 13.2 Å². The Balaban J connectivity index is 2.65. The fourth-order valence-electron chi connectivity index (χ4n) is 1.55. The summed E-state index contributed by atoms with van der Waals surface area (Å²) in [6.45, 7) is 0. The van der Waals surface area contributed by atoms with E-state index in [2.05, 4.69) is 4.98 Å². The molecule has 1 aromatic carbocycles. The second-order valence-electron chi connectivity index (χ2n) is 3.78. The number of halogens is 7. The Bertz CT molecular complexity index is 670. The zero-order valence-corrected chi connectivity index (χ0v) is 12.4. The molecule has 8 heteroatoms. The lowest BCUT2D eigenvalue weighted by atomic mass is 10.1. The molecule has 1 aromatic heterocycles. The summed E-state index contributed by atoms with van der Waals surface area (Å²) in [6, 6.07) is 5.01. The van der Waals surface area contributed by atoms with Crippen LogP contribution in [0.3, 0.4) is 0 Å². The van der Waals surface area contributed by atoms with Gasteiger partial charge in [-0.1, -0.05) is 52.5 Å². The molecule has 20 heavy (non-hydrogen) atoms. The number of rotatable bonds is 1. The molecule has 0 aliphatic heterocycles. The first-order chi connectivity index (χ1) is 9.20. The maximum Gasteiger partial charge on any atom is 0.433 e. The van der Waals surface area contributed by atoms with E-state index in [1.54, 1.807) is 0 Å². The molecule has 0 aliphatic rings. The number of hydrogen-bond donors (Lipinski definition) is 0. The monoisotopic (exact) mass is 359 g/mol. The third-order valence-corrected chi connectivity index (χ3v) is 3.92. The van der Waals surface area contributed by atoms with E-state index in [1.165, 1.54) is 18.2 Å². The van der Waals surface area contributed by atoms with Crippen LogP contribution in [0.2, 0.25) is 20.2 Å². The van der Waals surface area contributed by atoms with Crippen molar-refractivity contribution in [3.8, 4) is 11.1 Å². The van der Waals surface area contributed by atoms with Crippen molar-refractivity contribution >= 4 is 46.4 Å². The molecule has 1 heterocycles. The van der Waals surface area contributed by atoms with Gasteiger partial charge < -0.3 is 0 Å². The fraction of sp³-hybridized carbons (Fsp3) is 0.0833. The number of aromatic nitrogens is 1. The number of pyridine rings is 1. The van der Waals surface area contributed by atoms with E-state index in [0.717, 1.165) is 6.07 Å². The Kier molecular flexibility index (Phi) is 4.40. The number of hydrogen-bond acceptors (Lipinski definition) is 1. The standard InChI is InChI=1S/C12H4Cl4F3N/c13-7-2-1-6(10(15)11(7)16)5-3-8(12(17,18)19)20-9(14)4-5/h1-4H. The van der Waals surface area contributed by atoms with E-state index in [4.69, 9.17) is 46.4 Å². The van der Waals surface area contributed by atoms with Crippen molar-refractivity contribution in [3.05, 3.63) is 50.2 Å². The van der Waals surface area contributed by atoms with Crippen LogP contribution in [-0.2, 0) is 6.18 Å². The number of nitrogens with zero attached hydrogens (tertiary/aromatic N) is 1. The molecule has 106 valence electrons. The third kappa shape index (κ3) is 3.14. The van der Waals surface area contributed by atoms with Crippen LogP contribution in [0.1, 0.15) is 5.69 Å². The summed E-state index contributed by atoms with van der Waals surface area (Å²) in [7, 11) is 0. The van der Waals surface area contributed by atoms with Crippen LogP contribution in [-0.4, -0.2) is 4.98 Å². The van der Waals surface area contributed by atoms with Gasteiger partial charge in [-0.15, -0.1) is 0 Å². The Morgan fingerprint density at radius 1 is 0.900 bits per heavy atom. The molecule has 0 unspecified atom stereocenters. The predicted octanol–water partition coefficient (Wildman–Crippen LogP) is 6.38. The molecule has 0 atom stereocenters. The summed E-state index contributed by atoms with van der Waals surface area (Å²) in [4.78, 5) is 3.24. The minimum Gasteiger partial charge on any atom is -0.232 e. The molecule has 0 spiro atoms. The van der Waals surface area contributed by atoms with Crippen LogP contribution in [0.15, 0.2) is 24.3 Å². The lowest BCUT2D eigenvalue weighted by Crippen LogP contribution is -2.08. The van der Waals surface area contributed by atoms with Gasteiger partial charge in [-0.25, -0.2) is 4.98 Å². The summed E-state index contributed by atoms with van der Waals surface area (Å²) < 4.78 is 38.1. The molecule has 0 saturated heterocycles. The molecule has 0 N–H and O–H groups in total. The van der Waals surface area contributed by atoms with E-state index in [9.17, 15) is 13.2 Å². The molecule has 0 aliphatic carbocycles. The average molecular weight is 361 g/mol. The first kappa shape index (κ1) is 15.7. The highest BCUT2D eigenvalue weighted by atomic mass is 35.5. The Labute approximate surface area is 132 Å². The molecule has 2 aromatic rings. The second kappa shape index (κ2) is 5.60. The second-order valence-corrected chi connectivity index (χ2v) is 5.33. The van der Waals surface area contributed by atoms with Crippen LogP contribution in [0.5, 0.6) is 0 Å². The molecule has 0 saturated carbocycles. The molecular formula is C12H4Cl4F3N. The minimum absolute atomic E-state index is 0.0505. The summed E-state index contributed by atoms with van der Waals surface area (Å²) in [5.41, 5.74) is -0.668. The first-order valence-electron chi connectivity index (χ1n) is 5.09. The third-order valence-electron chi connectivity index (χ3n) is 2.43. The van der Waals surface area contributed by atoms with E-state index in [0.29, 0.717) is 0 Å². The van der Waals surface area contributed by atoms with Gasteiger partial charge in [0.2, 0.25) is 0 Å². The predicted molar refractivity (Wildman–Crippen MR) is 74.7 cm³/mol. The van der Waals surface area contributed by atoms with Crippen LogP contribution < -0.4 is 0 Å². The lowest BCUT2D eigenvalue weighted by molar-refractivity contribution is -0.141. The minimum atomic E-state index is -4.61. The van der Waals surface area contributed by atoms with Crippen LogP contribution in [0, 0.1) is 0 Å². The van der Waals surface area contributed by atoms with Gasteiger partial charge in [0, 0.05) is 5.56 Å². The molecule has 0 fully saturated rings. The van der Waals surface area contributed by atoms with Gasteiger partial charge >= 0.3 is 6.18 Å². The molecule has 0 bridgehead atoms. The summed E-state index contributed by atoms with van der Waals surface area (Å²) in [5.74, 6) is 0. The fourth-order valence-corrected chi connectivity index (χ4v) is 2.40. The van der Waals surface area contributed by atoms with E-state index in [1.807, 2.05) is 0 Å². The first-order valence-corrected chi connectivity index (χ1v) is 6.60. The number of benzene rings is 1. The van der Waals surface area contributed by atoms with Crippen molar-refractivity contribution in [1.29, 1.82) is 0 Å². The Morgan fingerprint density at radius 2 is 1.55 bits per heavy atom. The largest absolute Gasteiger partial charge is 0.433 e. The van der Waals surface area contributed by atoms with Gasteiger partial charge in [-0.2, -0.15) is 13.2 Å². The van der Waals surface area contributed by atoms with Crippen LogP contribution >= 0.6 is 46.4 Å². The van der Waals surface area contributed by atoms with Gasteiger partial charge in [-0.3, -0.25) is 0 Å². The molecular weight excluding hydrogens is 357 g/mol. The normalized spacial score (nSPS) is 11.8. The van der Waals surface area contributed by atoms with E-state index in [-0.39, 0.29) is 31.3 Å². The summed E-state index contributed by atoms with van der Waals surface area (Å²) in [5, 5.41) is 0.0236. The van der Waals surface area contributed by atoms with Crippen molar-refractivity contribution in [2.24, 2.45) is 0 Å². The smallest absolute Gasteiger partial charge is 0.232 e. The Hall–Kier alpha value is -0.680. The zero-order valence-electron chi connectivity index (χ0n) is 9.40. The van der Waals surface area contributed by atoms with Gasteiger partial charge in [-0.05, 0) is 23.8 Å². The number of alkyl halides is 3. The van der Waals surface area contributed by atoms with E-state index >= 15 is 0 Å². The molecule has 1 nitrogen and oxygen atoms in total. The topological polar surface area (TPSA) is 12.9 Å². The van der Waals surface area contributed by atoms with Crippen LogP contribution in [0.25, 0.3) is 11.1 Å². The highest BCUT2D eigenvalue weighted by Crippen LogP contribution is 2.40. The molecule has 2 rings (SSSR count). The van der Waals surface area contributed by atoms with Crippen molar-refractivity contribution in [1.82, 2.24) is 4.98 Å². The maximum atomic E-state index is 12.7. The van der Waals surface area contributed by atoms with Gasteiger partial charge in [0.25, 0.3) is 0 Å². The zero-order chi connectivity index (χ0) is 15.1. The van der Waals surface area contributed by atoms with Crippen molar-refractivity contribution in [2.75, 3.05) is 0 Å². The summed E-state index contributed by atoms with van der Waals surface area (Å²) >= 11 is 23.2. The average Bonchev–Trinajstić information content (AvgIpc) is 2.34.